The number of piperidine rings is 1. The van der Waals surface area contributed by atoms with Crippen LogP contribution in [-0.2, 0) is 11.3 Å². The average molecular weight is 394 g/mol. The van der Waals surface area contributed by atoms with E-state index in [9.17, 15) is 4.79 Å². The van der Waals surface area contributed by atoms with E-state index in [0.29, 0.717) is 5.91 Å². The summed E-state index contributed by atoms with van der Waals surface area (Å²) in [6.07, 6.45) is 1.98. The smallest absolute Gasteiger partial charge is 0.227 e. The number of piperazine rings is 1. The van der Waals surface area contributed by atoms with E-state index in [1.165, 1.54) is 5.56 Å². The topological polar surface area (TPSA) is 52.6 Å². The van der Waals surface area contributed by atoms with E-state index in [0.717, 1.165) is 76.0 Å². The fourth-order valence-corrected chi connectivity index (χ4v) is 4.44. The minimum Gasteiger partial charge on any atom is -0.340 e. The van der Waals surface area contributed by atoms with Crippen LogP contribution >= 0.6 is 0 Å². The van der Waals surface area contributed by atoms with E-state index in [1.54, 1.807) is 0 Å². The largest absolute Gasteiger partial charge is 0.340 e. The Labute approximate surface area is 173 Å². The van der Waals surface area contributed by atoms with Gasteiger partial charge >= 0.3 is 0 Å². The predicted octanol–water partition coefficient (Wildman–Crippen LogP) is 2.65. The molecule has 2 saturated heterocycles. The highest BCUT2D eigenvalue weighted by Gasteiger charge is 2.32. The number of carbonyl (C=O) groups is 1. The molecule has 0 saturated carbocycles. The van der Waals surface area contributed by atoms with E-state index >= 15 is 0 Å². The lowest BCUT2D eigenvalue weighted by Crippen LogP contribution is -2.52. The van der Waals surface area contributed by atoms with E-state index in [2.05, 4.69) is 55.0 Å². The summed E-state index contributed by atoms with van der Waals surface area (Å²) in [5, 5.41) is 0. The standard InChI is InChI=1S/C23H31N5O/c1-18-15-19(2)25-23(24-18)28-10-6-9-21(17-28)22(29)27-13-11-26(12-14-27)16-20-7-4-3-5-8-20/h3-5,7-8,15,21H,6,9-14,16-17H2,1-2H3. The third-order valence-corrected chi connectivity index (χ3v) is 5.96. The average Bonchev–Trinajstić information content (AvgIpc) is 2.74. The molecule has 6 nitrogen and oxygen atoms in total. The maximum Gasteiger partial charge on any atom is 0.227 e. The first-order valence-electron chi connectivity index (χ1n) is 10.7. The van der Waals surface area contributed by atoms with Crippen LogP contribution in [0.1, 0.15) is 29.8 Å². The van der Waals surface area contributed by atoms with Gasteiger partial charge < -0.3 is 9.80 Å². The highest BCUT2D eigenvalue weighted by molar-refractivity contribution is 5.79. The molecule has 29 heavy (non-hydrogen) atoms. The summed E-state index contributed by atoms with van der Waals surface area (Å²) in [7, 11) is 0. The van der Waals surface area contributed by atoms with Gasteiger partial charge in [0.1, 0.15) is 0 Å². The molecule has 1 aromatic carbocycles. The lowest BCUT2D eigenvalue weighted by Gasteiger charge is -2.39. The van der Waals surface area contributed by atoms with Crippen molar-refractivity contribution in [3.8, 4) is 0 Å². The molecule has 0 N–H and O–H groups in total. The fraction of sp³-hybridized carbons (Fsp3) is 0.522. The zero-order chi connectivity index (χ0) is 20.2. The Kier molecular flexibility index (Phi) is 6.09. The van der Waals surface area contributed by atoms with Crippen molar-refractivity contribution in [2.75, 3.05) is 44.2 Å². The molecule has 0 spiro atoms. The summed E-state index contributed by atoms with van der Waals surface area (Å²) < 4.78 is 0. The molecule has 2 aromatic rings. The summed E-state index contributed by atoms with van der Waals surface area (Å²) in [6, 6.07) is 12.6. The fourth-order valence-electron chi connectivity index (χ4n) is 4.44. The molecule has 0 aliphatic carbocycles. The summed E-state index contributed by atoms with van der Waals surface area (Å²) in [5.74, 6) is 1.12. The maximum atomic E-state index is 13.2. The Balaban J connectivity index is 1.32. The van der Waals surface area contributed by atoms with Gasteiger partial charge in [-0.05, 0) is 38.3 Å². The molecule has 1 amide bonds. The third kappa shape index (κ3) is 4.93. The summed E-state index contributed by atoms with van der Waals surface area (Å²) in [5.41, 5.74) is 3.30. The van der Waals surface area contributed by atoms with Gasteiger partial charge in [0.05, 0.1) is 5.92 Å². The summed E-state index contributed by atoms with van der Waals surface area (Å²) in [4.78, 5) is 29.1. The Hall–Kier alpha value is -2.47. The number of amides is 1. The van der Waals surface area contributed by atoms with Gasteiger partial charge in [-0.1, -0.05) is 30.3 Å². The maximum absolute atomic E-state index is 13.2. The second-order valence-electron chi connectivity index (χ2n) is 8.32. The first kappa shape index (κ1) is 19.8. The van der Waals surface area contributed by atoms with Crippen molar-refractivity contribution < 1.29 is 4.79 Å². The number of hydrogen-bond acceptors (Lipinski definition) is 5. The van der Waals surface area contributed by atoms with Crippen molar-refractivity contribution in [1.82, 2.24) is 19.8 Å². The van der Waals surface area contributed by atoms with Gasteiger partial charge in [0, 0.05) is 57.2 Å². The van der Waals surface area contributed by atoms with Crippen LogP contribution in [0.25, 0.3) is 0 Å². The van der Waals surface area contributed by atoms with Gasteiger partial charge in [-0.25, -0.2) is 9.97 Å². The van der Waals surface area contributed by atoms with Crippen molar-refractivity contribution in [3.05, 3.63) is 53.3 Å². The van der Waals surface area contributed by atoms with Crippen molar-refractivity contribution in [2.24, 2.45) is 5.92 Å². The number of rotatable bonds is 4. The first-order valence-corrected chi connectivity index (χ1v) is 10.7. The van der Waals surface area contributed by atoms with Gasteiger partial charge in [-0.2, -0.15) is 0 Å². The molecular weight excluding hydrogens is 362 g/mol. The summed E-state index contributed by atoms with van der Waals surface area (Å²) in [6.45, 7) is 10.1. The third-order valence-electron chi connectivity index (χ3n) is 5.96. The van der Waals surface area contributed by atoms with Crippen LogP contribution in [0.4, 0.5) is 5.95 Å². The van der Waals surface area contributed by atoms with E-state index in [-0.39, 0.29) is 5.92 Å². The molecule has 1 unspecified atom stereocenters. The monoisotopic (exact) mass is 393 g/mol. The van der Waals surface area contributed by atoms with Crippen LogP contribution in [0.3, 0.4) is 0 Å². The molecule has 2 fully saturated rings. The van der Waals surface area contributed by atoms with Crippen molar-refractivity contribution in [1.29, 1.82) is 0 Å². The number of carbonyl (C=O) groups excluding carboxylic acids is 1. The van der Waals surface area contributed by atoms with Crippen LogP contribution in [0.15, 0.2) is 36.4 Å². The van der Waals surface area contributed by atoms with Gasteiger partial charge in [-0.15, -0.1) is 0 Å². The molecule has 154 valence electrons. The normalized spacial score (nSPS) is 20.7. The first-order chi connectivity index (χ1) is 14.1. The minimum absolute atomic E-state index is 0.0499. The second-order valence-corrected chi connectivity index (χ2v) is 8.32. The van der Waals surface area contributed by atoms with Crippen LogP contribution < -0.4 is 4.90 Å². The van der Waals surface area contributed by atoms with E-state index in [1.807, 2.05) is 19.9 Å². The zero-order valence-electron chi connectivity index (χ0n) is 17.5. The molecule has 6 heteroatoms. The Morgan fingerprint density at radius 3 is 2.38 bits per heavy atom. The molecule has 1 atom stereocenters. The molecule has 0 bridgehead atoms. The Bertz CT molecular complexity index is 812. The molecular formula is C23H31N5O. The Morgan fingerprint density at radius 2 is 1.69 bits per heavy atom. The van der Waals surface area contributed by atoms with Crippen LogP contribution in [0.5, 0.6) is 0 Å². The van der Waals surface area contributed by atoms with Crippen LogP contribution in [-0.4, -0.2) is 64.9 Å². The predicted molar refractivity (Wildman–Crippen MR) is 115 cm³/mol. The Morgan fingerprint density at radius 1 is 1.00 bits per heavy atom. The number of hydrogen-bond donors (Lipinski definition) is 0. The number of benzene rings is 1. The van der Waals surface area contributed by atoms with Gasteiger partial charge in [0.15, 0.2) is 0 Å². The van der Waals surface area contributed by atoms with Crippen molar-refractivity contribution in [2.45, 2.75) is 33.2 Å². The summed E-state index contributed by atoms with van der Waals surface area (Å²) >= 11 is 0. The number of anilines is 1. The zero-order valence-corrected chi connectivity index (χ0v) is 17.5. The lowest BCUT2D eigenvalue weighted by atomic mass is 9.96. The number of aromatic nitrogens is 2. The molecule has 1 aromatic heterocycles. The number of aryl methyl sites for hydroxylation is 2. The highest BCUT2D eigenvalue weighted by Crippen LogP contribution is 2.23. The highest BCUT2D eigenvalue weighted by atomic mass is 16.2. The molecule has 2 aliphatic heterocycles. The second kappa shape index (κ2) is 8.91. The van der Waals surface area contributed by atoms with Crippen molar-refractivity contribution in [3.63, 3.8) is 0 Å². The molecule has 4 rings (SSSR count). The van der Waals surface area contributed by atoms with Crippen LogP contribution in [0, 0.1) is 19.8 Å². The lowest BCUT2D eigenvalue weighted by molar-refractivity contribution is -0.137. The van der Waals surface area contributed by atoms with Gasteiger partial charge in [0.25, 0.3) is 0 Å². The number of nitrogens with zero attached hydrogens (tertiary/aromatic N) is 5. The minimum atomic E-state index is 0.0499. The SMILES string of the molecule is Cc1cc(C)nc(N2CCCC(C(=O)N3CCN(Cc4ccccc4)CC3)C2)n1. The van der Waals surface area contributed by atoms with E-state index < -0.39 is 0 Å². The van der Waals surface area contributed by atoms with Crippen LogP contribution in [0.2, 0.25) is 0 Å². The quantitative estimate of drug-likeness (QED) is 0.799. The molecule has 3 heterocycles. The van der Waals surface area contributed by atoms with E-state index in [4.69, 9.17) is 0 Å². The van der Waals surface area contributed by atoms with Gasteiger partial charge in [0.2, 0.25) is 11.9 Å². The van der Waals surface area contributed by atoms with Crippen molar-refractivity contribution >= 4 is 11.9 Å². The molecule has 2 aliphatic rings. The van der Waals surface area contributed by atoms with Gasteiger partial charge in [-0.3, -0.25) is 9.69 Å². The molecule has 0 radical (unpaired) electrons.